The number of esters is 2. The average molecular weight is 405 g/mol. The van der Waals surface area contributed by atoms with Crippen LogP contribution in [0.2, 0.25) is 10.4 Å². The monoisotopic (exact) mass is 404 g/mol. The van der Waals surface area contributed by atoms with Crippen molar-refractivity contribution in [2.24, 2.45) is 0 Å². The quantitative estimate of drug-likeness (QED) is 0.448. The van der Waals surface area contributed by atoms with Crippen LogP contribution >= 0.6 is 23.2 Å². The number of carbonyl (C=O) groups excluding carboxylic acids is 2. The number of nitrogens with zero attached hydrogens (tertiary/aromatic N) is 4. The zero-order valence-electron chi connectivity index (χ0n) is 13.6. The minimum Gasteiger partial charge on any atom is -0.456 e. The van der Waals surface area contributed by atoms with Crippen LogP contribution in [-0.2, 0) is 23.8 Å². The lowest BCUT2D eigenvalue weighted by atomic mass is 10.1. The number of aliphatic hydroxyl groups excluding tert-OH is 1. The number of fused-ring (bicyclic) bond motifs is 1. The lowest BCUT2D eigenvalue weighted by Crippen LogP contribution is -2.40. The highest BCUT2D eigenvalue weighted by Gasteiger charge is 2.50. The van der Waals surface area contributed by atoms with Crippen LogP contribution in [-0.4, -0.2) is 61.7 Å². The summed E-state index contributed by atoms with van der Waals surface area (Å²) in [5.74, 6) is -1.24. The van der Waals surface area contributed by atoms with Crippen LogP contribution in [0.4, 0.5) is 0 Å². The Morgan fingerprint density at radius 1 is 1.23 bits per heavy atom. The summed E-state index contributed by atoms with van der Waals surface area (Å²) in [6.45, 7) is 1.93. The van der Waals surface area contributed by atoms with Gasteiger partial charge in [-0.1, -0.05) is 11.6 Å². The fourth-order valence-corrected chi connectivity index (χ4v) is 3.18. The number of aromatic nitrogens is 4. The van der Waals surface area contributed by atoms with Gasteiger partial charge in [-0.05, 0) is 11.6 Å². The largest absolute Gasteiger partial charge is 0.456 e. The number of rotatable bonds is 4. The van der Waals surface area contributed by atoms with E-state index in [0.29, 0.717) is 5.39 Å². The number of aliphatic hydroxyl groups is 1. The molecule has 1 fully saturated rings. The Hall–Kier alpha value is -2.01. The van der Waals surface area contributed by atoms with Crippen molar-refractivity contribution in [3.05, 3.63) is 16.6 Å². The fourth-order valence-electron chi connectivity index (χ4n) is 2.76. The standard InChI is InChI=1S/C14H14Cl2N4O6/c1-5(22)24-9-8(4-21)26-13(10(9)25-6(2)23)20-12-7(3-17-20)11(15)18-14(16)19-12/h3,8-10,13,21H,4H2,1-2H3/t8-,9-,10-,13-/m1/s1. The van der Waals surface area contributed by atoms with Gasteiger partial charge < -0.3 is 19.3 Å². The number of ether oxygens (including phenoxy) is 3. The second-order valence-corrected chi connectivity index (χ2v) is 6.20. The number of carbonyl (C=O) groups is 2. The molecule has 1 aliphatic heterocycles. The van der Waals surface area contributed by atoms with Crippen molar-refractivity contribution < 1.29 is 28.9 Å². The van der Waals surface area contributed by atoms with Crippen LogP contribution in [0, 0.1) is 0 Å². The van der Waals surface area contributed by atoms with Crippen molar-refractivity contribution >= 4 is 46.2 Å². The smallest absolute Gasteiger partial charge is 0.303 e. The Morgan fingerprint density at radius 2 is 1.88 bits per heavy atom. The van der Waals surface area contributed by atoms with Crippen LogP contribution in [0.1, 0.15) is 20.1 Å². The van der Waals surface area contributed by atoms with Gasteiger partial charge in [-0.15, -0.1) is 0 Å². The summed E-state index contributed by atoms with van der Waals surface area (Å²) in [4.78, 5) is 30.8. The summed E-state index contributed by atoms with van der Waals surface area (Å²) in [6, 6.07) is 0. The highest BCUT2D eigenvalue weighted by atomic mass is 35.5. The molecule has 0 unspecified atom stereocenters. The van der Waals surface area contributed by atoms with Gasteiger partial charge in [0.15, 0.2) is 24.1 Å². The van der Waals surface area contributed by atoms with E-state index in [1.807, 2.05) is 0 Å². The molecule has 0 saturated carbocycles. The van der Waals surface area contributed by atoms with Gasteiger partial charge in [-0.3, -0.25) is 9.59 Å². The second kappa shape index (κ2) is 7.31. The SMILES string of the molecule is CC(=O)O[C@@H]1[C@H](OC(C)=O)[C@@H](CO)O[C@H]1n1ncc2c(Cl)nc(Cl)nc21. The van der Waals surface area contributed by atoms with Crippen LogP contribution in [0.15, 0.2) is 6.20 Å². The molecular weight excluding hydrogens is 391 g/mol. The van der Waals surface area contributed by atoms with Gasteiger partial charge in [0.05, 0.1) is 18.2 Å². The molecule has 0 aromatic carbocycles. The van der Waals surface area contributed by atoms with E-state index in [0.717, 1.165) is 0 Å². The summed E-state index contributed by atoms with van der Waals surface area (Å²) in [5, 5.41) is 14.1. The van der Waals surface area contributed by atoms with Crippen molar-refractivity contribution in [2.75, 3.05) is 6.61 Å². The van der Waals surface area contributed by atoms with Crippen LogP contribution < -0.4 is 0 Å². The predicted molar refractivity (Wildman–Crippen MR) is 87.4 cm³/mol. The molecule has 0 bridgehead atoms. The van der Waals surface area contributed by atoms with Gasteiger partial charge in [-0.2, -0.15) is 10.1 Å². The van der Waals surface area contributed by atoms with E-state index >= 15 is 0 Å². The third-order valence-corrected chi connectivity index (χ3v) is 4.15. The first kappa shape index (κ1) is 18.8. The topological polar surface area (TPSA) is 126 Å². The van der Waals surface area contributed by atoms with Gasteiger partial charge in [0, 0.05) is 13.8 Å². The van der Waals surface area contributed by atoms with Crippen LogP contribution in [0.5, 0.6) is 0 Å². The van der Waals surface area contributed by atoms with E-state index in [-0.39, 0.29) is 16.1 Å². The first-order chi connectivity index (χ1) is 12.3. The number of hydrogen-bond acceptors (Lipinski definition) is 9. The zero-order valence-corrected chi connectivity index (χ0v) is 15.1. The van der Waals surface area contributed by atoms with E-state index in [2.05, 4.69) is 15.1 Å². The fraction of sp³-hybridized carbons (Fsp3) is 0.500. The van der Waals surface area contributed by atoms with Gasteiger partial charge in [0.1, 0.15) is 11.3 Å². The molecule has 26 heavy (non-hydrogen) atoms. The molecule has 0 amide bonds. The van der Waals surface area contributed by atoms with Crippen molar-refractivity contribution in [3.8, 4) is 0 Å². The summed E-state index contributed by atoms with van der Waals surface area (Å²) < 4.78 is 17.5. The molecule has 2 aromatic rings. The van der Waals surface area contributed by atoms with Crippen molar-refractivity contribution in [3.63, 3.8) is 0 Å². The first-order valence-electron chi connectivity index (χ1n) is 7.48. The highest BCUT2D eigenvalue weighted by molar-refractivity contribution is 6.35. The summed E-state index contributed by atoms with van der Waals surface area (Å²) in [5.41, 5.74) is 0.234. The Balaban J connectivity index is 2.07. The third kappa shape index (κ3) is 3.45. The highest BCUT2D eigenvalue weighted by Crippen LogP contribution is 2.36. The Morgan fingerprint density at radius 3 is 2.50 bits per heavy atom. The Kier molecular flexibility index (Phi) is 5.28. The van der Waals surface area contributed by atoms with E-state index in [4.69, 9.17) is 37.4 Å². The minimum absolute atomic E-state index is 0.0866. The van der Waals surface area contributed by atoms with E-state index in [1.165, 1.54) is 24.7 Å². The lowest BCUT2D eigenvalue weighted by Gasteiger charge is -2.23. The Labute approximate surface area is 157 Å². The molecule has 12 heteroatoms. The summed E-state index contributed by atoms with van der Waals surface area (Å²) >= 11 is 11.9. The van der Waals surface area contributed by atoms with Crippen molar-refractivity contribution in [1.82, 2.24) is 19.7 Å². The molecule has 0 aliphatic carbocycles. The van der Waals surface area contributed by atoms with E-state index in [9.17, 15) is 14.7 Å². The average Bonchev–Trinajstić information content (AvgIpc) is 3.09. The third-order valence-electron chi connectivity index (χ3n) is 3.69. The van der Waals surface area contributed by atoms with Crippen LogP contribution in [0.3, 0.4) is 0 Å². The minimum atomic E-state index is -1.07. The van der Waals surface area contributed by atoms with Crippen LogP contribution in [0.25, 0.3) is 11.0 Å². The van der Waals surface area contributed by atoms with Crippen molar-refractivity contribution in [2.45, 2.75) is 38.4 Å². The van der Waals surface area contributed by atoms with Gasteiger partial charge in [0.2, 0.25) is 5.28 Å². The Bertz CT molecular complexity index is 859. The maximum Gasteiger partial charge on any atom is 0.303 e. The first-order valence-corrected chi connectivity index (χ1v) is 8.24. The number of halogens is 2. The zero-order chi connectivity index (χ0) is 19.0. The number of hydrogen-bond donors (Lipinski definition) is 1. The molecule has 3 heterocycles. The van der Waals surface area contributed by atoms with E-state index in [1.54, 1.807) is 0 Å². The molecule has 1 saturated heterocycles. The predicted octanol–water partition coefficient (Wildman–Crippen LogP) is 0.886. The van der Waals surface area contributed by atoms with Gasteiger partial charge in [0.25, 0.3) is 0 Å². The van der Waals surface area contributed by atoms with Gasteiger partial charge >= 0.3 is 11.9 Å². The molecule has 0 radical (unpaired) electrons. The molecule has 1 N–H and O–H groups in total. The molecule has 2 aromatic heterocycles. The van der Waals surface area contributed by atoms with E-state index < -0.39 is 43.1 Å². The molecule has 1 aliphatic rings. The second-order valence-electron chi connectivity index (χ2n) is 5.51. The normalized spacial score (nSPS) is 25.4. The summed E-state index contributed by atoms with van der Waals surface area (Å²) in [6.07, 6.45) is -2.65. The molecule has 140 valence electrons. The molecule has 4 atom stereocenters. The molecule has 10 nitrogen and oxygen atoms in total. The molecule has 3 rings (SSSR count). The van der Waals surface area contributed by atoms with Gasteiger partial charge in [-0.25, -0.2) is 9.67 Å². The lowest BCUT2D eigenvalue weighted by molar-refractivity contribution is -0.165. The maximum absolute atomic E-state index is 11.5. The summed E-state index contributed by atoms with van der Waals surface area (Å²) in [7, 11) is 0. The maximum atomic E-state index is 11.5. The molecule has 0 spiro atoms. The van der Waals surface area contributed by atoms with Crippen molar-refractivity contribution in [1.29, 1.82) is 0 Å². The molecular formula is C14H14Cl2N4O6.